The third kappa shape index (κ3) is 2.04. The first kappa shape index (κ1) is 11.0. The van der Waals surface area contributed by atoms with Gasteiger partial charge in [-0.15, -0.1) is 11.8 Å². The molecule has 1 heterocycles. The summed E-state index contributed by atoms with van der Waals surface area (Å²) >= 11 is 1.28. The largest absolute Gasteiger partial charge is 0.468 e. The molecule has 1 N–H and O–H groups in total. The molecule has 1 aromatic rings. The second kappa shape index (κ2) is 4.57. The standard InChI is InChI=1S/C11H11NO3S/c1-15-9(13)6-16-10-7-4-2-3-5-8(7)12-11(10)14/h2-5,10H,6H2,1H3,(H,12,14). The molecule has 5 heteroatoms. The van der Waals surface area contributed by atoms with Gasteiger partial charge in [-0.05, 0) is 11.6 Å². The zero-order chi connectivity index (χ0) is 11.5. The van der Waals surface area contributed by atoms with Crippen molar-refractivity contribution in [2.45, 2.75) is 5.25 Å². The topological polar surface area (TPSA) is 55.4 Å². The lowest BCUT2D eigenvalue weighted by Crippen LogP contribution is -2.12. The number of amides is 1. The highest BCUT2D eigenvalue weighted by atomic mass is 32.2. The Bertz CT molecular complexity index is 433. The van der Waals surface area contributed by atoms with Crippen LogP contribution >= 0.6 is 11.8 Å². The van der Waals surface area contributed by atoms with Gasteiger partial charge in [-0.1, -0.05) is 18.2 Å². The molecule has 1 unspecified atom stereocenters. The predicted molar refractivity (Wildman–Crippen MR) is 62.3 cm³/mol. The Balaban J connectivity index is 2.10. The zero-order valence-electron chi connectivity index (χ0n) is 8.73. The van der Waals surface area contributed by atoms with E-state index in [1.807, 2.05) is 24.3 Å². The van der Waals surface area contributed by atoms with Crippen LogP contribution in [0.2, 0.25) is 0 Å². The summed E-state index contributed by atoms with van der Waals surface area (Å²) < 4.78 is 4.54. The average molecular weight is 237 g/mol. The lowest BCUT2D eigenvalue weighted by Gasteiger charge is -2.06. The Morgan fingerprint density at radius 2 is 2.25 bits per heavy atom. The highest BCUT2D eigenvalue weighted by Gasteiger charge is 2.30. The lowest BCUT2D eigenvalue weighted by atomic mass is 10.2. The molecule has 0 radical (unpaired) electrons. The summed E-state index contributed by atoms with van der Waals surface area (Å²) in [6, 6.07) is 7.49. The van der Waals surface area contributed by atoms with E-state index in [-0.39, 0.29) is 22.9 Å². The van der Waals surface area contributed by atoms with E-state index in [2.05, 4.69) is 10.1 Å². The van der Waals surface area contributed by atoms with Crippen molar-refractivity contribution in [1.29, 1.82) is 0 Å². The summed E-state index contributed by atoms with van der Waals surface area (Å²) in [4.78, 5) is 22.7. The third-order valence-electron chi connectivity index (χ3n) is 2.33. The van der Waals surface area contributed by atoms with Crippen LogP contribution in [-0.2, 0) is 14.3 Å². The molecule has 1 amide bonds. The predicted octanol–water partition coefficient (Wildman–Crippen LogP) is 1.59. The molecule has 84 valence electrons. The SMILES string of the molecule is COC(=O)CSC1C(=O)Nc2ccccc21. The van der Waals surface area contributed by atoms with E-state index in [0.29, 0.717) is 0 Å². The molecule has 1 aliphatic heterocycles. The van der Waals surface area contributed by atoms with Gasteiger partial charge >= 0.3 is 5.97 Å². The van der Waals surface area contributed by atoms with E-state index < -0.39 is 0 Å². The summed E-state index contributed by atoms with van der Waals surface area (Å²) in [7, 11) is 1.34. The minimum atomic E-state index is -0.317. The number of hydrogen-bond acceptors (Lipinski definition) is 4. The highest BCUT2D eigenvalue weighted by molar-refractivity contribution is 8.00. The number of esters is 1. The number of thioether (sulfide) groups is 1. The maximum atomic E-state index is 11.6. The molecule has 0 fully saturated rings. The Kier molecular flexibility index (Phi) is 3.14. The normalized spacial score (nSPS) is 17.8. The Labute approximate surface area is 97.4 Å². The molecule has 0 spiro atoms. The van der Waals surface area contributed by atoms with Gasteiger partial charge in [0.05, 0.1) is 12.9 Å². The fraction of sp³-hybridized carbons (Fsp3) is 0.273. The molecule has 0 bridgehead atoms. The Hall–Kier alpha value is -1.49. The van der Waals surface area contributed by atoms with Crippen molar-refractivity contribution in [3.63, 3.8) is 0 Å². The maximum Gasteiger partial charge on any atom is 0.315 e. The van der Waals surface area contributed by atoms with Crippen molar-refractivity contribution in [2.24, 2.45) is 0 Å². The van der Waals surface area contributed by atoms with Crippen molar-refractivity contribution in [2.75, 3.05) is 18.2 Å². The number of rotatable bonds is 3. The van der Waals surface area contributed by atoms with E-state index in [1.54, 1.807) is 0 Å². The first-order valence-corrected chi connectivity index (χ1v) is 5.85. The Morgan fingerprint density at radius 1 is 1.50 bits per heavy atom. The van der Waals surface area contributed by atoms with Gasteiger partial charge in [-0.25, -0.2) is 0 Å². The lowest BCUT2D eigenvalue weighted by molar-refractivity contribution is -0.137. The van der Waals surface area contributed by atoms with Crippen LogP contribution < -0.4 is 5.32 Å². The van der Waals surface area contributed by atoms with Gasteiger partial charge in [-0.2, -0.15) is 0 Å². The van der Waals surface area contributed by atoms with Crippen LogP contribution in [0.3, 0.4) is 0 Å². The number of hydrogen-bond donors (Lipinski definition) is 1. The highest BCUT2D eigenvalue weighted by Crippen LogP contribution is 2.39. The first-order chi connectivity index (χ1) is 7.72. The van der Waals surface area contributed by atoms with Crippen molar-refractivity contribution < 1.29 is 14.3 Å². The van der Waals surface area contributed by atoms with Crippen LogP contribution in [0, 0.1) is 0 Å². The summed E-state index contributed by atoms with van der Waals surface area (Å²) in [6.45, 7) is 0. The number of para-hydroxylation sites is 1. The molecular formula is C11H11NO3S. The molecule has 0 aromatic heterocycles. The average Bonchev–Trinajstić information content (AvgIpc) is 2.62. The molecule has 0 aliphatic carbocycles. The molecule has 1 atom stereocenters. The number of carbonyl (C=O) groups is 2. The molecule has 1 aliphatic rings. The number of nitrogens with one attached hydrogen (secondary N) is 1. The van der Waals surface area contributed by atoms with Crippen LogP contribution in [0.25, 0.3) is 0 Å². The van der Waals surface area contributed by atoms with Gasteiger partial charge in [0.2, 0.25) is 5.91 Å². The van der Waals surface area contributed by atoms with Gasteiger partial charge < -0.3 is 10.1 Å². The van der Waals surface area contributed by atoms with Gasteiger partial charge in [0, 0.05) is 5.69 Å². The van der Waals surface area contributed by atoms with Crippen LogP contribution in [-0.4, -0.2) is 24.7 Å². The monoisotopic (exact) mass is 237 g/mol. The van der Waals surface area contributed by atoms with Gasteiger partial charge in [0.15, 0.2) is 0 Å². The van der Waals surface area contributed by atoms with E-state index >= 15 is 0 Å². The molecular weight excluding hydrogens is 226 g/mol. The molecule has 16 heavy (non-hydrogen) atoms. The number of carbonyl (C=O) groups excluding carboxylic acids is 2. The van der Waals surface area contributed by atoms with E-state index in [4.69, 9.17) is 0 Å². The summed E-state index contributed by atoms with van der Waals surface area (Å²) in [5.41, 5.74) is 1.76. The minimum Gasteiger partial charge on any atom is -0.468 e. The maximum absolute atomic E-state index is 11.6. The number of fused-ring (bicyclic) bond motifs is 1. The van der Waals surface area contributed by atoms with Gasteiger partial charge in [-0.3, -0.25) is 9.59 Å². The molecule has 2 rings (SSSR count). The summed E-state index contributed by atoms with van der Waals surface area (Å²) in [5, 5.41) is 2.47. The molecule has 0 saturated heterocycles. The molecule has 4 nitrogen and oxygen atoms in total. The van der Waals surface area contributed by atoms with E-state index in [9.17, 15) is 9.59 Å². The zero-order valence-corrected chi connectivity index (χ0v) is 9.54. The fourth-order valence-electron chi connectivity index (χ4n) is 1.55. The van der Waals surface area contributed by atoms with Crippen LogP contribution in [0.5, 0.6) is 0 Å². The van der Waals surface area contributed by atoms with Crippen molar-refractivity contribution in [3.8, 4) is 0 Å². The number of anilines is 1. The number of benzene rings is 1. The smallest absolute Gasteiger partial charge is 0.315 e. The van der Waals surface area contributed by atoms with Crippen molar-refractivity contribution >= 4 is 29.3 Å². The summed E-state index contributed by atoms with van der Waals surface area (Å²) in [5.74, 6) is -0.208. The van der Waals surface area contributed by atoms with E-state index in [0.717, 1.165) is 11.3 Å². The minimum absolute atomic E-state index is 0.0740. The number of methoxy groups -OCH3 is 1. The van der Waals surface area contributed by atoms with Gasteiger partial charge in [0.25, 0.3) is 0 Å². The van der Waals surface area contributed by atoms with Crippen LogP contribution in [0.15, 0.2) is 24.3 Å². The van der Waals surface area contributed by atoms with Crippen LogP contribution in [0.4, 0.5) is 5.69 Å². The van der Waals surface area contributed by atoms with E-state index in [1.165, 1.54) is 18.9 Å². The number of ether oxygens (including phenoxy) is 1. The van der Waals surface area contributed by atoms with Crippen LogP contribution in [0.1, 0.15) is 10.8 Å². The third-order valence-corrected chi connectivity index (χ3v) is 3.54. The van der Waals surface area contributed by atoms with Gasteiger partial charge in [0.1, 0.15) is 5.25 Å². The second-order valence-electron chi connectivity index (χ2n) is 3.34. The first-order valence-electron chi connectivity index (χ1n) is 4.80. The second-order valence-corrected chi connectivity index (χ2v) is 4.44. The quantitative estimate of drug-likeness (QED) is 0.811. The molecule has 0 saturated carbocycles. The van der Waals surface area contributed by atoms with Crippen molar-refractivity contribution in [3.05, 3.63) is 29.8 Å². The Morgan fingerprint density at radius 3 is 3.00 bits per heavy atom. The fourth-order valence-corrected chi connectivity index (χ4v) is 2.57. The van der Waals surface area contributed by atoms with Crippen molar-refractivity contribution in [1.82, 2.24) is 0 Å². The molecule has 1 aromatic carbocycles. The summed E-state index contributed by atoms with van der Waals surface area (Å²) in [6.07, 6.45) is 0.